The van der Waals surface area contributed by atoms with E-state index in [9.17, 15) is 44.3 Å². The number of halogens is 10. The van der Waals surface area contributed by atoms with E-state index in [2.05, 4.69) is 4.99 Å². The fourth-order valence-corrected chi connectivity index (χ4v) is 6.44. The molecule has 0 radical (unpaired) electrons. The molecule has 0 spiro atoms. The van der Waals surface area contributed by atoms with Crippen molar-refractivity contribution in [3.05, 3.63) is 64.2 Å². The molecular formula is C29H29F9IN3O3. The van der Waals surface area contributed by atoms with Crippen molar-refractivity contribution in [1.29, 1.82) is 0 Å². The molecule has 1 unspecified atom stereocenters. The molecule has 0 aliphatic carbocycles. The van der Waals surface area contributed by atoms with E-state index in [0.29, 0.717) is 12.1 Å². The Labute approximate surface area is 266 Å². The molecule has 45 heavy (non-hydrogen) atoms. The first-order valence-corrected chi connectivity index (χ1v) is 15.3. The molecule has 2 aliphatic heterocycles. The van der Waals surface area contributed by atoms with Gasteiger partial charge in [0.15, 0.2) is 5.90 Å². The maximum Gasteiger partial charge on any atom is 0.416 e. The number of alkyl halides is 10. The third-order valence-electron chi connectivity index (χ3n) is 7.93. The van der Waals surface area contributed by atoms with Gasteiger partial charge in [-0.05, 0) is 73.7 Å². The van der Waals surface area contributed by atoms with Crippen molar-refractivity contribution in [2.24, 2.45) is 10.7 Å². The van der Waals surface area contributed by atoms with Crippen LogP contribution in [0.1, 0.15) is 66.8 Å². The van der Waals surface area contributed by atoms with Crippen LogP contribution in [-0.2, 0) is 34.4 Å². The number of hydrogen-bond acceptors (Lipinski definition) is 5. The van der Waals surface area contributed by atoms with Crippen molar-refractivity contribution in [1.82, 2.24) is 0 Å². The first-order valence-electron chi connectivity index (χ1n) is 13.8. The average molecular weight is 765 g/mol. The molecule has 0 saturated carbocycles. The Balaban J connectivity index is 1.86. The summed E-state index contributed by atoms with van der Waals surface area (Å²) in [7, 11) is 0. The molecule has 4 rings (SSSR count). The van der Waals surface area contributed by atoms with Crippen LogP contribution >= 0.6 is 22.6 Å². The Bertz CT molecular complexity index is 1430. The zero-order valence-corrected chi connectivity index (χ0v) is 26.1. The van der Waals surface area contributed by atoms with Gasteiger partial charge in [0.05, 0.1) is 47.0 Å². The van der Waals surface area contributed by atoms with Gasteiger partial charge in [-0.25, -0.2) is 9.79 Å². The van der Waals surface area contributed by atoms with Crippen molar-refractivity contribution in [3.63, 3.8) is 0 Å². The van der Waals surface area contributed by atoms with Gasteiger partial charge >= 0.3 is 24.6 Å². The Kier molecular flexibility index (Phi) is 9.71. The summed E-state index contributed by atoms with van der Waals surface area (Å²) >= 11 is 1.92. The smallest absolute Gasteiger partial charge is 0.416 e. The Morgan fingerprint density at radius 3 is 2.11 bits per heavy atom. The molecule has 3 atom stereocenters. The predicted octanol–water partition coefficient (Wildman–Crippen LogP) is 8.49. The molecule has 2 aliphatic rings. The SMILES string of the molecule is CCOC(=O)N1c2ccc(C(F)(F)F)cc2[C@@H](C2=NC(CI)(Cc3cc(C(F)(F)F)cc(C(F)(F)F)c3)CCO2)C[C@@]1(N)CC. The lowest BCUT2D eigenvalue weighted by atomic mass is 9.79. The zero-order chi connectivity index (χ0) is 33.6. The van der Waals surface area contributed by atoms with Gasteiger partial charge in [-0.2, -0.15) is 39.5 Å². The zero-order valence-electron chi connectivity index (χ0n) is 24.0. The fourth-order valence-electron chi connectivity index (χ4n) is 5.62. The number of ether oxygens (including phenoxy) is 2. The van der Waals surface area contributed by atoms with Crippen molar-refractivity contribution in [2.75, 3.05) is 22.5 Å². The van der Waals surface area contributed by atoms with Crippen molar-refractivity contribution >= 4 is 40.3 Å². The van der Waals surface area contributed by atoms with E-state index in [1.165, 1.54) is 0 Å². The van der Waals surface area contributed by atoms with E-state index in [-0.39, 0.29) is 72.1 Å². The minimum absolute atomic E-state index is 0.00818. The fraction of sp³-hybridized carbons (Fsp3) is 0.517. The normalized spacial score (nSPS) is 24.1. The molecule has 2 aromatic carbocycles. The van der Waals surface area contributed by atoms with E-state index in [1.54, 1.807) is 13.8 Å². The minimum atomic E-state index is -5.05. The lowest BCUT2D eigenvalue weighted by Gasteiger charge is -2.47. The third kappa shape index (κ3) is 7.30. The van der Waals surface area contributed by atoms with Gasteiger partial charge in [-0.15, -0.1) is 0 Å². The highest BCUT2D eigenvalue weighted by molar-refractivity contribution is 14.1. The minimum Gasteiger partial charge on any atom is -0.480 e. The summed E-state index contributed by atoms with van der Waals surface area (Å²) in [6, 6.07) is 4.08. The van der Waals surface area contributed by atoms with Crippen LogP contribution in [0.4, 0.5) is 50.0 Å². The van der Waals surface area contributed by atoms with Crippen LogP contribution in [0.3, 0.4) is 0 Å². The summed E-state index contributed by atoms with van der Waals surface area (Å²) in [6.45, 7) is 3.12. The maximum absolute atomic E-state index is 13.8. The van der Waals surface area contributed by atoms with E-state index in [0.717, 1.165) is 23.1 Å². The Hall–Kier alpha value is -2.76. The summed E-state index contributed by atoms with van der Waals surface area (Å²) in [6.07, 6.45) is -16.0. The second-order valence-electron chi connectivity index (χ2n) is 11.0. The Morgan fingerprint density at radius 2 is 1.60 bits per heavy atom. The molecule has 1 amide bonds. The van der Waals surface area contributed by atoms with Crippen LogP contribution in [0.25, 0.3) is 0 Å². The molecule has 2 heterocycles. The van der Waals surface area contributed by atoms with Gasteiger partial charge in [-0.1, -0.05) is 29.5 Å². The van der Waals surface area contributed by atoms with Crippen LogP contribution in [0.5, 0.6) is 0 Å². The highest BCUT2D eigenvalue weighted by atomic mass is 127. The third-order valence-corrected chi connectivity index (χ3v) is 9.35. The molecule has 6 nitrogen and oxygen atoms in total. The number of carbonyl (C=O) groups excluding carboxylic acids is 1. The van der Waals surface area contributed by atoms with Crippen molar-refractivity contribution < 1.29 is 53.8 Å². The lowest BCUT2D eigenvalue weighted by Crippen LogP contribution is -2.62. The second kappa shape index (κ2) is 12.4. The summed E-state index contributed by atoms with van der Waals surface area (Å²) < 4.78 is 134. The number of carbonyl (C=O) groups is 1. The lowest BCUT2D eigenvalue weighted by molar-refractivity contribution is -0.143. The van der Waals surface area contributed by atoms with Gasteiger partial charge in [0.25, 0.3) is 0 Å². The van der Waals surface area contributed by atoms with Gasteiger partial charge in [-0.3, -0.25) is 4.90 Å². The van der Waals surface area contributed by atoms with Gasteiger partial charge in [0, 0.05) is 10.8 Å². The van der Waals surface area contributed by atoms with Crippen molar-refractivity contribution in [3.8, 4) is 0 Å². The highest BCUT2D eigenvalue weighted by Crippen LogP contribution is 2.47. The van der Waals surface area contributed by atoms with Crippen molar-refractivity contribution in [2.45, 2.75) is 75.2 Å². The number of fused-ring (bicyclic) bond motifs is 1. The average Bonchev–Trinajstić information content (AvgIpc) is 2.95. The quantitative estimate of drug-likeness (QED) is 0.182. The summed E-state index contributed by atoms with van der Waals surface area (Å²) in [5.74, 6) is -1.11. The first-order chi connectivity index (χ1) is 20.8. The summed E-state index contributed by atoms with van der Waals surface area (Å²) in [5.41, 5.74) is -0.223. The molecule has 0 bridgehead atoms. The molecule has 0 fully saturated rings. The number of aliphatic imine (C=N–C) groups is 1. The van der Waals surface area contributed by atoms with E-state index >= 15 is 0 Å². The van der Waals surface area contributed by atoms with Gasteiger partial charge in [0.2, 0.25) is 0 Å². The number of hydrogen-bond donors (Lipinski definition) is 1. The second-order valence-corrected chi connectivity index (χ2v) is 11.8. The maximum atomic E-state index is 13.8. The van der Waals surface area contributed by atoms with Crippen LogP contribution in [-0.4, -0.2) is 40.8 Å². The summed E-state index contributed by atoms with van der Waals surface area (Å²) in [4.78, 5) is 18.8. The molecule has 0 aromatic heterocycles. The molecule has 2 aromatic rings. The van der Waals surface area contributed by atoms with E-state index in [1.807, 2.05) is 22.6 Å². The number of nitrogens with zero attached hydrogens (tertiary/aromatic N) is 2. The molecule has 0 saturated heterocycles. The topological polar surface area (TPSA) is 77.1 Å². The summed E-state index contributed by atoms with van der Waals surface area (Å²) in [5, 5.41) is 0. The standard InChI is InChI=1S/C29H29F9IN3O3/c1-3-26(40)14-21(20-12-17(27(30,31)32)5-6-22(20)42(26)24(43)44-4-2)23-41-25(15-39,7-8-45-23)13-16-9-18(28(33,34)35)11-19(10-16)29(36,37)38/h5-6,9-12,21H,3-4,7-8,13-15,40H2,1-2H3/t21-,25?,26+/m0/s1. The van der Waals surface area contributed by atoms with Crippen LogP contribution in [0, 0.1) is 0 Å². The highest BCUT2D eigenvalue weighted by Gasteiger charge is 2.49. The number of rotatable bonds is 6. The van der Waals surface area contributed by atoms with Crippen LogP contribution in [0.2, 0.25) is 0 Å². The number of amides is 1. The molecular weight excluding hydrogens is 736 g/mol. The predicted molar refractivity (Wildman–Crippen MR) is 155 cm³/mol. The van der Waals surface area contributed by atoms with E-state index < -0.39 is 58.4 Å². The molecule has 248 valence electrons. The number of anilines is 1. The van der Waals surface area contributed by atoms with Crippen LogP contribution < -0.4 is 10.6 Å². The number of nitrogens with two attached hydrogens (primary N) is 1. The molecule has 2 N–H and O–H groups in total. The molecule has 16 heteroatoms. The largest absolute Gasteiger partial charge is 0.480 e. The number of benzene rings is 2. The van der Waals surface area contributed by atoms with Gasteiger partial charge < -0.3 is 15.2 Å². The Morgan fingerprint density at radius 1 is 1.00 bits per heavy atom. The van der Waals surface area contributed by atoms with Gasteiger partial charge in [0.1, 0.15) is 5.66 Å². The first kappa shape index (κ1) is 35.1. The monoisotopic (exact) mass is 765 g/mol. The van der Waals surface area contributed by atoms with Crippen LogP contribution in [0.15, 0.2) is 41.4 Å². The van der Waals surface area contributed by atoms with E-state index in [4.69, 9.17) is 15.2 Å².